The van der Waals surface area contributed by atoms with E-state index in [-0.39, 0.29) is 0 Å². The van der Waals surface area contributed by atoms with Gasteiger partial charge in [-0.15, -0.1) is 10.2 Å². The van der Waals surface area contributed by atoms with Crippen molar-refractivity contribution in [2.75, 3.05) is 11.4 Å². The van der Waals surface area contributed by atoms with Gasteiger partial charge < -0.3 is 13.9 Å². The van der Waals surface area contributed by atoms with Crippen molar-refractivity contribution in [1.82, 2.24) is 24.7 Å². The van der Waals surface area contributed by atoms with E-state index in [0.29, 0.717) is 6.54 Å². The van der Waals surface area contributed by atoms with Gasteiger partial charge in [-0.2, -0.15) is 0 Å². The van der Waals surface area contributed by atoms with Crippen LogP contribution in [0.1, 0.15) is 37.4 Å². The van der Waals surface area contributed by atoms with Crippen LogP contribution in [0.25, 0.3) is 11.3 Å². The molecule has 4 heterocycles. The SMILES string of the molecule is c1cnc(N2CCn3cnnc3C2)c(-c2cnc(CC3CCCC3)o2)c1. The van der Waals surface area contributed by atoms with Gasteiger partial charge in [-0.3, -0.25) is 0 Å². The van der Waals surface area contributed by atoms with Crippen LogP contribution in [0.5, 0.6) is 0 Å². The molecule has 2 aliphatic rings. The van der Waals surface area contributed by atoms with E-state index in [0.717, 1.165) is 54.3 Å². The van der Waals surface area contributed by atoms with Crippen molar-refractivity contribution in [2.24, 2.45) is 5.92 Å². The number of hydrogen-bond acceptors (Lipinski definition) is 6. The summed E-state index contributed by atoms with van der Waals surface area (Å²) >= 11 is 0. The molecular weight excluding hydrogens is 328 g/mol. The molecule has 1 saturated carbocycles. The van der Waals surface area contributed by atoms with Crippen LogP contribution in [-0.4, -0.2) is 31.3 Å². The van der Waals surface area contributed by atoms with E-state index < -0.39 is 0 Å². The largest absolute Gasteiger partial charge is 0.441 e. The van der Waals surface area contributed by atoms with Gasteiger partial charge >= 0.3 is 0 Å². The van der Waals surface area contributed by atoms with E-state index >= 15 is 0 Å². The summed E-state index contributed by atoms with van der Waals surface area (Å²) in [7, 11) is 0. The van der Waals surface area contributed by atoms with Crippen LogP contribution < -0.4 is 4.90 Å². The molecule has 0 spiro atoms. The molecule has 0 aromatic carbocycles. The lowest BCUT2D eigenvalue weighted by atomic mass is 10.0. The second-order valence-corrected chi connectivity index (χ2v) is 7.21. The second kappa shape index (κ2) is 6.55. The molecule has 0 atom stereocenters. The van der Waals surface area contributed by atoms with Crippen molar-refractivity contribution < 1.29 is 4.42 Å². The summed E-state index contributed by atoms with van der Waals surface area (Å²) in [5.74, 6) is 4.26. The number of anilines is 1. The molecule has 0 unspecified atom stereocenters. The Labute approximate surface area is 152 Å². The lowest BCUT2D eigenvalue weighted by molar-refractivity contribution is 0.437. The highest BCUT2D eigenvalue weighted by Crippen LogP contribution is 2.33. The topological polar surface area (TPSA) is 72.9 Å². The molecule has 7 heteroatoms. The van der Waals surface area contributed by atoms with Crippen LogP contribution in [0.2, 0.25) is 0 Å². The fraction of sp³-hybridized carbons (Fsp3) is 0.474. The first-order valence-electron chi connectivity index (χ1n) is 9.38. The summed E-state index contributed by atoms with van der Waals surface area (Å²) in [6.07, 6.45) is 11.7. The Hall–Kier alpha value is -2.70. The monoisotopic (exact) mass is 350 g/mol. The van der Waals surface area contributed by atoms with Crippen LogP contribution in [0.4, 0.5) is 5.82 Å². The summed E-state index contributed by atoms with van der Waals surface area (Å²) in [5.41, 5.74) is 0.991. The predicted octanol–water partition coefficient (Wildman–Crippen LogP) is 3.08. The van der Waals surface area contributed by atoms with Crippen molar-refractivity contribution in [3.63, 3.8) is 0 Å². The van der Waals surface area contributed by atoms with Gasteiger partial charge in [0, 0.05) is 25.7 Å². The van der Waals surface area contributed by atoms with Crippen molar-refractivity contribution in [1.29, 1.82) is 0 Å². The highest BCUT2D eigenvalue weighted by atomic mass is 16.4. The number of rotatable bonds is 4. The van der Waals surface area contributed by atoms with Crippen molar-refractivity contribution in [3.05, 3.63) is 42.6 Å². The molecule has 1 aliphatic heterocycles. The molecule has 1 aliphatic carbocycles. The molecular formula is C19H22N6O. The van der Waals surface area contributed by atoms with Gasteiger partial charge in [0.05, 0.1) is 18.3 Å². The van der Waals surface area contributed by atoms with Crippen LogP contribution in [0.15, 0.2) is 35.3 Å². The Balaban J connectivity index is 1.41. The van der Waals surface area contributed by atoms with Gasteiger partial charge in [0.25, 0.3) is 0 Å². The van der Waals surface area contributed by atoms with Crippen molar-refractivity contribution in [3.8, 4) is 11.3 Å². The first-order valence-corrected chi connectivity index (χ1v) is 9.38. The van der Waals surface area contributed by atoms with Gasteiger partial charge in [-0.25, -0.2) is 9.97 Å². The van der Waals surface area contributed by atoms with Crippen molar-refractivity contribution in [2.45, 2.75) is 45.2 Å². The quantitative estimate of drug-likeness (QED) is 0.720. The number of nitrogens with zero attached hydrogens (tertiary/aromatic N) is 6. The highest BCUT2D eigenvalue weighted by molar-refractivity contribution is 5.71. The first-order chi connectivity index (χ1) is 12.9. The summed E-state index contributed by atoms with van der Waals surface area (Å²) in [6, 6.07) is 4.01. The van der Waals surface area contributed by atoms with Gasteiger partial charge in [0.2, 0.25) is 0 Å². The van der Waals surface area contributed by atoms with Gasteiger partial charge in [-0.1, -0.05) is 12.8 Å². The average molecular weight is 350 g/mol. The van der Waals surface area contributed by atoms with E-state index in [2.05, 4.69) is 35.7 Å². The lowest BCUT2D eigenvalue weighted by Crippen LogP contribution is -2.34. The van der Waals surface area contributed by atoms with E-state index in [1.807, 2.05) is 18.5 Å². The summed E-state index contributed by atoms with van der Waals surface area (Å²) < 4.78 is 8.20. The smallest absolute Gasteiger partial charge is 0.195 e. The predicted molar refractivity (Wildman–Crippen MR) is 96.5 cm³/mol. The molecule has 5 rings (SSSR count). The summed E-state index contributed by atoms with van der Waals surface area (Å²) in [4.78, 5) is 11.4. The molecule has 26 heavy (non-hydrogen) atoms. The first kappa shape index (κ1) is 15.5. The van der Waals surface area contributed by atoms with Crippen LogP contribution in [0, 0.1) is 5.92 Å². The molecule has 0 radical (unpaired) electrons. The Morgan fingerprint density at radius 3 is 3.00 bits per heavy atom. The fourth-order valence-corrected chi connectivity index (χ4v) is 4.08. The van der Waals surface area contributed by atoms with Crippen LogP contribution >= 0.6 is 0 Å². The molecule has 7 nitrogen and oxygen atoms in total. The zero-order valence-electron chi connectivity index (χ0n) is 14.7. The molecule has 3 aromatic heterocycles. The van der Waals surface area contributed by atoms with E-state index in [9.17, 15) is 0 Å². The van der Waals surface area contributed by atoms with E-state index in [1.54, 1.807) is 6.33 Å². The van der Waals surface area contributed by atoms with Gasteiger partial charge in [-0.05, 0) is 30.9 Å². The number of aromatic nitrogens is 5. The zero-order chi connectivity index (χ0) is 17.3. The number of oxazole rings is 1. The molecule has 134 valence electrons. The Morgan fingerprint density at radius 2 is 2.08 bits per heavy atom. The standard InChI is InChI=1S/C19H22N6O/c1-2-5-14(4-1)10-18-21-11-16(26-18)15-6-3-7-20-19(15)24-8-9-25-13-22-23-17(25)12-24/h3,6-7,11,13-14H,1-2,4-5,8-10,12H2. The molecule has 3 aromatic rings. The Kier molecular flexibility index (Phi) is 3.92. The van der Waals surface area contributed by atoms with Gasteiger partial charge in [0.1, 0.15) is 12.1 Å². The minimum absolute atomic E-state index is 0.701. The normalized spacial score (nSPS) is 17.6. The maximum Gasteiger partial charge on any atom is 0.195 e. The van der Waals surface area contributed by atoms with E-state index in [1.165, 1.54) is 25.7 Å². The summed E-state index contributed by atoms with van der Waals surface area (Å²) in [5, 5.41) is 8.21. The maximum atomic E-state index is 6.11. The van der Waals surface area contributed by atoms with Crippen LogP contribution in [0.3, 0.4) is 0 Å². The van der Waals surface area contributed by atoms with E-state index in [4.69, 9.17) is 4.42 Å². The number of fused-ring (bicyclic) bond motifs is 1. The maximum absolute atomic E-state index is 6.11. The minimum Gasteiger partial charge on any atom is -0.441 e. The lowest BCUT2D eigenvalue weighted by Gasteiger charge is -2.29. The molecule has 0 N–H and O–H groups in total. The Bertz CT molecular complexity index is 895. The molecule has 0 amide bonds. The highest BCUT2D eigenvalue weighted by Gasteiger charge is 2.23. The Morgan fingerprint density at radius 1 is 1.15 bits per heavy atom. The van der Waals surface area contributed by atoms with Gasteiger partial charge in [0.15, 0.2) is 17.5 Å². The molecule has 1 fully saturated rings. The third-order valence-corrected chi connectivity index (χ3v) is 5.48. The summed E-state index contributed by atoms with van der Waals surface area (Å²) in [6.45, 7) is 2.44. The van der Waals surface area contributed by atoms with Crippen LogP contribution in [-0.2, 0) is 19.5 Å². The molecule has 0 bridgehead atoms. The second-order valence-electron chi connectivity index (χ2n) is 7.21. The number of pyridine rings is 1. The third kappa shape index (κ3) is 2.87. The third-order valence-electron chi connectivity index (χ3n) is 5.48. The average Bonchev–Trinajstić information content (AvgIpc) is 3.43. The van der Waals surface area contributed by atoms with Crippen molar-refractivity contribution >= 4 is 5.82 Å². The zero-order valence-corrected chi connectivity index (χ0v) is 14.7. The number of hydrogen-bond donors (Lipinski definition) is 0. The fourth-order valence-electron chi connectivity index (χ4n) is 4.08. The molecule has 0 saturated heterocycles. The minimum atomic E-state index is 0.701.